The van der Waals surface area contributed by atoms with E-state index in [4.69, 9.17) is 23.2 Å². The lowest BCUT2D eigenvalue weighted by Crippen LogP contribution is -2.48. The lowest BCUT2D eigenvalue weighted by atomic mass is 9.83. The molecule has 0 spiro atoms. The molecule has 2 aromatic carbocycles. The second-order valence-electron chi connectivity index (χ2n) is 8.32. The maximum absolute atomic E-state index is 13.4. The van der Waals surface area contributed by atoms with Crippen LogP contribution in [0.5, 0.6) is 0 Å². The molecule has 1 aliphatic heterocycles. The molecule has 1 amide bonds. The lowest BCUT2D eigenvalue weighted by Gasteiger charge is -2.42. The van der Waals surface area contributed by atoms with Crippen molar-refractivity contribution in [3.05, 3.63) is 68.7 Å². The Bertz CT molecular complexity index is 887. The summed E-state index contributed by atoms with van der Waals surface area (Å²) in [5.74, 6) is -0.278. The van der Waals surface area contributed by atoms with E-state index in [1.165, 1.54) is 0 Å². The Morgan fingerprint density at radius 2 is 1.79 bits per heavy atom. The van der Waals surface area contributed by atoms with Crippen LogP contribution in [0.4, 0.5) is 0 Å². The number of aliphatic hydroxyl groups excluding tert-OH is 1. The van der Waals surface area contributed by atoms with Crippen molar-refractivity contribution in [3.63, 3.8) is 0 Å². The van der Waals surface area contributed by atoms with Crippen molar-refractivity contribution in [2.24, 2.45) is 0 Å². The van der Waals surface area contributed by atoms with Crippen molar-refractivity contribution < 1.29 is 15.0 Å². The standard InChI is InChI=1S/C23H27Cl2NO3/c1-14-17-7-4-6-15(10-11-23(2,3)29)18(17)12-16(13-27)26(14)22(28)21-19(24)8-5-9-20(21)25/h4-9,14,16,27,29H,10-13H2,1-3H3/t14-,16+/m0/s1. The highest BCUT2D eigenvalue weighted by Crippen LogP contribution is 2.38. The van der Waals surface area contributed by atoms with E-state index in [1.807, 2.05) is 19.1 Å². The van der Waals surface area contributed by atoms with Crippen LogP contribution in [0, 0.1) is 0 Å². The maximum atomic E-state index is 13.4. The van der Waals surface area contributed by atoms with E-state index in [0.717, 1.165) is 23.1 Å². The third kappa shape index (κ3) is 4.61. The molecule has 0 bridgehead atoms. The number of aliphatic hydroxyl groups is 2. The zero-order valence-corrected chi connectivity index (χ0v) is 18.5. The Kier molecular flexibility index (Phi) is 6.59. The average Bonchev–Trinajstić information content (AvgIpc) is 2.65. The van der Waals surface area contributed by atoms with Crippen LogP contribution in [0.1, 0.15) is 60.3 Å². The van der Waals surface area contributed by atoms with Gasteiger partial charge in [0.15, 0.2) is 0 Å². The number of hydrogen-bond donors (Lipinski definition) is 2. The Morgan fingerprint density at radius 3 is 2.38 bits per heavy atom. The van der Waals surface area contributed by atoms with Gasteiger partial charge in [0.2, 0.25) is 0 Å². The third-order valence-electron chi connectivity index (χ3n) is 5.64. The number of benzene rings is 2. The van der Waals surface area contributed by atoms with E-state index in [2.05, 4.69) is 6.07 Å². The van der Waals surface area contributed by atoms with Gasteiger partial charge in [-0.05, 0) is 68.9 Å². The van der Waals surface area contributed by atoms with Crippen molar-refractivity contribution in [1.82, 2.24) is 4.90 Å². The van der Waals surface area contributed by atoms with Crippen LogP contribution in [-0.2, 0) is 12.8 Å². The molecule has 156 valence electrons. The highest BCUT2D eigenvalue weighted by molar-refractivity contribution is 6.39. The fourth-order valence-electron chi connectivity index (χ4n) is 4.10. The van der Waals surface area contributed by atoms with Gasteiger partial charge in [0.25, 0.3) is 5.91 Å². The smallest absolute Gasteiger partial charge is 0.257 e. The summed E-state index contributed by atoms with van der Waals surface area (Å²) in [5, 5.41) is 20.8. The van der Waals surface area contributed by atoms with Crippen LogP contribution < -0.4 is 0 Å². The molecular weight excluding hydrogens is 409 g/mol. The molecule has 0 radical (unpaired) electrons. The summed E-state index contributed by atoms with van der Waals surface area (Å²) in [6, 6.07) is 10.5. The fraction of sp³-hybridized carbons (Fsp3) is 0.435. The quantitative estimate of drug-likeness (QED) is 0.707. The Labute approximate surface area is 182 Å². The van der Waals surface area contributed by atoms with Gasteiger partial charge in [0.05, 0.1) is 39.9 Å². The molecule has 1 heterocycles. The first-order valence-corrected chi connectivity index (χ1v) is 10.6. The summed E-state index contributed by atoms with van der Waals surface area (Å²) in [5.41, 5.74) is 2.87. The van der Waals surface area contributed by atoms with E-state index in [-0.39, 0.29) is 30.2 Å². The van der Waals surface area contributed by atoms with Crippen molar-refractivity contribution >= 4 is 29.1 Å². The molecule has 0 aromatic heterocycles. The zero-order chi connectivity index (χ0) is 21.3. The van der Waals surface area contributed by atoms with Crippen LogP contribution in [0.25, 0.3) is 0 Å². The minimum absolute atomic E-state index is 0.155. The van der Waals surface area contributed by atoms with E-state index in [1.54, 1.807) is 36.9 Å². The van der Waals surface area contributed by atoms with Crippen LogP contribution >= 0.6 is 23.2 Å². The minimum Gasteiger partial charge on any atom is -0.394 e. The van der Waals surface area contributed by atoms with E-state index < -0.39 is 5.60 Å². The van der Waals surface area contributed by atoms with E-state index in [9.17, 15) is 15.0 Å². The first kappa shape index (κ1) is 22.1. The molecule has 3 rings (SSSR count). The number of carbonyl (C=O) groups excluding carboxylic acids is 1. The number of rotatable bonds is 5. The van der Waals surface area contributed by atoms with E-state index in [0.29, 0.717) is 22.9 Å². The van der Waals surface area contributed by atoms with Gasteiger partial charge in [-0.2, -0.15) is 0 Å². The van der Waals surface area contributed by atoms with Crippen LogP contribution in [0.15, 0.2) is 36.4 Å². The first-order valence-electron chi connectivity index (χ1n) is 9.84. The zero-order valence-electron chi connectivity index (χ0n) is 17.0. The number of halogens is 2. The highest BCUT2D eigenvalue weighted by Gasteiger charge is 2.37. The molecule has 2 aromatic rings. The van der Waals surface area contributed by atoms with Crippen LogP contribution in [-0.4, -0.2) is 39.3 Å². The molecular formula is C23H27Cl2NO3. The number of carbonyl (C=O) groups is 1. The lowest BCUT2D eigenvalue weighted by molar-refractivity contribution is 0.0443. The number of nitrogens with zero attached hydrogens (tertiary/aromatic N) is 1. The summed E-state index contributed by atoms with van der Waals surface area (Å²) < 4.78 is 0. The van der Waals surface area contributed by atoms with Crippen molar-refractivity contribution in [2.45, 2.75) is 57.7 Å². The topological polar surface area (TPSA) is 60.8 Å². The molecule has 1 aliphatic rings. The number of aryl methyl sites for hydroxylation is 1. The minimum atomic E-state index is -0.748. The van der Waals surface area contributed by atoms with Crippen molar-refractivity contribution in [3.8, 4) is 0 Å². The van der Waals surface area contributed by atoms with Crippen molar-refractivity contribution in [2.75, 3.05) is 6.61 Å². The van der Waals surface area contributed by atoms with Crippen molar-refractivity contribution in [1.29, 1.82) is 0 Å². The molecule has 6 heteroatoms. The summed E-state index contributed by atoms with van der Waals surface area (Å²) in [6.45, 7) is 5.41. The molecule has 0 saturated carbocycles. The Hall–Kier alpha value is -1.59. The predicted molar refractivity (Wildman–Crippen MR) is 117 cm³/mol. The SMILES string of the molecule is C[C@H]1c2cccc(CCC(C)(C)O)c2C[C@H](CO)N1C(=O)c1c(Cl)cccc1Cl. The molecule has 2 atom stereocenters. The molecule has 4 nitrogen and oxygen atoms in total. The van der Waals surface area contributed by atoms with Gasteiger partial charge in [0.1, 0.15) is 0 Å². The fourth-order valence-corrected chi connectivity index (χ4v) is 4.65. The van der Waals surface area contributed by atoms with Gasteiger partial charge < -0.3 is 15.1 Å². The third-order valence-corrected chi connectivity index (χ3v) is 6.27. The number of fused-ring (bicyclic) bond motifs is 1. The van der Waals surface area contributed by atoms with Crippen LogP contribution in [0.3, 0.4) is 0 Å². The Morgan fingerprint density at radius 1 is 1.17 bits per heavy atom. The Balaban J connectivity index is 1.99. The highest BCUT2D eigenvalue weighted by atomic mass is 35.5. The first-order chi connectivity index (χ1) is 13.6. The molecule has 0 aliphatic carbocycles. The van der Waals surface area contributed by atoms with Gasteiger partial charge in [-0.1, -0.05) is 47.5 Å². The van der Waals surface area contributed by atoms with Crippen LogP contribution in [0.2, 0.25) is 10.0 Å². The summed E-state index contributed by atoms with van der Waals surface area (Å²) in [4.78, 5) is 15.1. The second kappa shape index (κ2) is 8.65. The number of amides is 1. The molecule has 29 heavy (non-hydrogen) atoms. The largest absolute Gasteiger partial charge is 0.394 e. The second-order valence-corrected chi connectivity index (χ2v) is 9.14. The van der Waals surface area contributed by atoms with Gasteiger partial charge >= 0.3 is 0 Å². The summed E-state index contributed by atoms with van der Waals surface area (Å²) in [7, 11) is 0. The summed E-state index contributed by atoms with van der Waals surface area (Å²) >= 11 is 12.5. The average molecular weight is 436 g/mol. The maximum Gasteiger partial charge on any atom is 0.257 e. The summed E-state index contributed by atoms with van der Waals surface area (Å²) in [6.07, 6.45) is 1.92. The molecule has 0 unspecified atom stereocenters. The van der Waals surface area contributed by atoms with Gasteiger partial charge in [-0.3, -0.25) is 4.79 Å². The molecule has 2 N–H and O–H groups in total. The van der Waals surface area contributed by atoms with Gasteiger partial charge in [-0.15, -0.1) is 0 Å². The monoisotopic (exact) mass is 435 g/mol. The predicted octanol–water partition coefficient (Wildman–Crippen LogP) is 4.82. The number of hydrogen-bond acceptors (Lipinski definition) is 3. The van der Waals surface area contributed by atoms with Gasteiger partial charge in [-0.25, -0.2) is 0 Å². The molecule has 0 saturated heterocycles. The normalized spacial score (nSPS) is 19.2. The van der Waals surface area contributed by atoms with E-state index >= 15 is 0 Å². The van der Waals surface area contributed by atoms with Gasteiger partial charge in [0, 0.05) is 0 Å². The molecule has 0 fully saturated rings.